The number of hydrogen-bond donors (Lipinski definition) is 1. The highest BCUT2D eigenvalue weighted by Crippen LogP contribution is 2.20. The summed E-state index contributed by atoms with van der Waals surface area (Å²) in [5.41, 5.74) is -0.412. The van der Waals surface area contributed by atoms with Crippen molar-refractivity contribution in [1.82, 2.24) is 0 Å². The molecule has 0 bridgehead atoms. The second-order valence-corrected chi connectivity index (χ2v) is 7.28. The van der Waals surface area contributed by atoms with Gasteiger partial charge in [0.25, 0.3) is 11.6 Å². The highest BCUT2D eigenvalue weighted by atomic mass is 32.2. The van der Waals surface area contributed by atoms with Gasteiger partial charge in [-0.1, -0.05) is 0 Å². The number of methoxy groups -OCH3 is 1. The van der Waals surface area contributed by atoms with E-state index >= 15 is 0 Å². The Kier molecular flexibility index (Phi) is 5.36. The van der Waals surface area contributed by atoms with Crippen LogP contribution in [0.4, 0.5) is 11.4 Å². The van der Waals surface area contributed by atoms with E-state index in [9.17, 15) is 28.1 Å². The normalized spacial score (nSPS) is 10.8. The van der Waals surface area contributed by atoms with Crippen molar-refractivity contribution in [2.24, 2.45) is 0 Å². The van der Waals surface area contributed by atoms with Gasteiger partial charge >= 0.3 is 5.97 Å². The molecule has 2 rings (SSSR count). The number of amides is 1. The number of carbonyl (C=O) groups excluding carboxylic acids is 2. The average Bonchev–Trinajstić information content (AvgIpc) is 2.60. The first-order valence-electron chi connectivity index (χ1n) is 7.11. The van der Waals surface area contributed by atoms with E-state index in [1.54, 1.807) is 0 Å². The van der Waals surface area contributed by atoms with Gasteiger partial charge in [0.2, 0.25) is 0 Å². The van der Waals surface area contributed by atoms with Crippen LogP contribution in [-0.2, 0) is 14.6 Å². The van der Waals surface area contributed by atoms with Crippen molar-refractivity contribution in [1.29, 1.82) is 0 Å². The number of esters is 1. The van der Waals surface area contributed by atoms with E-state index in [0.29, 0.717) is 0 Å². The Hall–Kier alpha value is -3.27. The van der Waals surface area contributed by atoms with Crippen LogP contribution < -0.4 is 5.32 Å². The number of non-ortho nitro benzene ring substituents is 1. The smallest absolute Gasteiger partial charge is 0.338 e. The Morgan fingerprint density at radius 1 is 1.08 bits per heavy atom. The molecule has 0 aliphatic carbocycles. The number of nitro benzene ring substituents is 1. The quantitative estimate of drug-likeness (QED) is 0.478. The highest BCUT2D eigenvalue weighted by molar-refractivity contribution is 7.90. The Labute approximate surface area is 148 Å². The van der Waals surface area contributed by atoms with E-state index in [2.05, 4.69) is 10.1 Å². The van der Waals surface area contributed by atoms with Crippen molar-refractivity contribution in [2.45, 2.75) is 4.90 Å². The van der Waals surface area contributed by atoms with Crippen molar-refractivity contribution < 1.29 is 27.7 Å². The summed E-state index contributed by atoms with van der Waals surface area (Å²) in [6.07, 6.45) is 1.05. The largest absolute Gasteiger partial charge is 0.465 e. The highest BCUT2D eigenvalue weighted by Gasteiger charge is 2.18. The summed E-state index contributed by atoms with van der Waals surface area (Å²) in [4.78, 5) is 34.3. The minimum Gasteiger partial charge on any atom is -0.465 e. The standard InChI is InChI=1S/C16H14N2O7S/c1-25-16(20)11-7-10(8-13(9-11)18(21)22)15(19)17-12-3-5-14(6-4-12)26(2,23)24/h3-9H,1-2H3,(H,17,19). The maximum absolute atomic E-state index is 12.3. The van der Waals surface area contributed by atoms with Gasteiger partial charge in [-0.3, -0.25) is 14.9 Å². The lowest BCUT2D eigenvalue weighted by Gasteiger charge is -2.07. The molecule has 0 aromatic heterocycles. The summed E-state index contributed by atoms with van der Waals surface area (Å²) in [6, 6.07) is 8.59. The molecule has 0 spiro atoms. The molecule has 9 nitrogen and oxygen atoms in total. The van der Waals surface area contributed by atoms with Crippen LogP contribution in [0, 0.1) is 10.1 Å². The fourth-order valence-electron chi connectivity index (χ4n) is 2.07. The van der Waals surface area contributed by atoms with Crippen molar-refractivity contribution >= 4 is 33.1 Å². The predicted molar refractivity (Wildman–Crippen MR) is 91.9 cm³/mol. The van der Waals surface area contributed by atoms with Gasteiger partial charge < -0.3 is 10.1 Å². The molecule has 136 valence electrons. The molecule has 2 aromatic rings. The third-order valence-corrected chi connectivity index (χ3v) is 4.48. The summed E-state index contributed by atoms with van der Waals surface area (Å²) in [6.45, 7) is 0. The zero-order valence-electron chi connectivity index (χ0n) is 13.8. The molecular weight excluding hydrogens is 364 g/mol. The third-order valence-electron chi connectivity index (χ3n) is 3.35. The molecule has 0 fully saturated rings. The van der Waals surface area contributed by atoms with Gasteiger partial charge in [-0.2, -0.15) is 0 Å². The van der Waals surface area contributed by atoms with Crippen molar-refractivity contribution in [3.05, 3.63) is 63.7 Å². The number of sulfone groups is 1. The zero-order chi connectivity index (χ0) is 19.5. The fraction of sp³-hybridized carbons (Fsp3) is 0.125. The lowest BCUT2D eigenvalue weighted by Crippen LogP contribution is -2.14. The molecule has 26 heavy (non-hydrogen) atoms. The molecule has 0 heterocycles. The number of nitrogens with one attached hydrogen (secondary N) is 1. The number of carbonyl (C=O) groups is 2. The van der Waals surface area contributed by atoms with Crippen LogP contribution in [0.5, 0.6) is 0 Å². The number of nitro groups is 1. The molecule has 1 N–H and O–H groups in total. The Bertz CT molecular complexity index is 982. The van der Waals surface area contributed by atoms with E-state index in [-0.39, 0.29) is 21.7 Å². The zero-order valence-corrected chi connectivity index (χ0v) is 14.6. The molecule has 0 aliphatic heterocycles. The van der Waals surface area contributed by atoms with Crippen LogP contribution >= 0.6 is 0 Å². The molecule has 10 heteroatoms. The van der Waals surface area contributed by atoms with Crippen LogP contribution in [0.15, 0.2) is 47.4 Å². The van der Waals surface area contributed by atoms with Gasteiger partial charge in [-0.25, -0.2) is 13.2 Å². The predicted octanol–water partition coefficient (Wildman–Crippen LogP) is 2.04. The van der Waals surface area contributed by atoms with Crippen LogP contribution in [0.25, 0.3) is 0 Å². The first kappa shape index (κ1) is 19.1. The molecule has 0 atom stereocenters. The van der Waals surface area contributed by atoms with E-state index in [4.69, 9.17) is 0 Å². The number of hydrogen-bond acceptors (Lipinski definition) is 7. The second kappa shape index (κ2) is 7.31. The van der Waals surface area contributed by atoms with Crippen LogP contribution in [0.2, 0.25) is 0 Å². The van der Waals surface area contributed by atoms with Crippen LogP contribution in [0.1, 0.15) is 20.7 Å². The summed E-state index contributed by atoms with van der Waals surface area (Å²) in [7, 11) is -2.26. The number of nitrogens with zero attached hydrogens (tertiary/aromatic N) is 1. The molecule has 0 unspecified atom stereocenters. The van der Waals surface area contributed by atoms with E-state index in [0.717, 1.165) is 25.5 Å². The fourth-order valence-corrected chi connectivity index (χ4v) is 2.70. The Balaban J connectivity index is 2.32. The van der Waals surface area contributed by atoms with Gasteiger partial charge in [0.05, 0.1) is 22.5 Å². The summed E-state index contributed by atoms with van der Waals surface area (Å²) in [5, 5.41) is 13.5. The molecular formula is C16H14N2O7S. The number of benzene rings is 2. The number of ether oxygens (including phenoxy) is 1. The molecule has 2 aromatic carbocycles. The van der Waals surface area contributed by atoms with Crippen molar-refractivity contribution in [2.75, 3.05) is 18.7 Å². The number of anilines is 1. The van der Waals surface area contributed by atoms with E-state index in [1.807, 2.05) is 0 Å². The third kappa shape index (κ3) is 4.42. The van der Waals surface area contributed by atoms with Crippen molar-refractivity contribution in [3.63, 3.8) is 0 Å². The molecule has 0 saturated carbocycles. The first-order valence-corrected chi connectivity index (χ1v) is 9.00. The van der Waals surface area contributed by atoms with Gasteiger partial charge in [-0.15, -0.1) is 0 Å². The lowest BCUT2D eigenvalue weighted by atomic mass is 10.1. The summed E-state index contributed by atoms with van der Waals surface area (Å²) < 4.78 is 27.4. The minimum absolute atomic E-state index is 0.0822. The van der Waals surface area contributed by atoms with E-state index < -0.39 is 32.3 Å². The van der Waals surface area contributed by atoms with Gasteiger partial charge in [0.1, 0.15) is 0 Å². The van der Waals surface area contributed by atoms with Gasteiger partial charge in [0, 0.05) is 29.6 Å². The molecule has 0 radical (unpaired) electrons. The monoisotopic (exact) mass is 378 g/mol. The Morgan fingerprint density at radius 2 is 1.65 bits per heavy atom. The number of rotatable bonds is 5. The van der Waals surface area contributed by atoms with Gasteiger partial charge in [-0.05, 0) is 30.3 Å². The van der Waals surface area contributed by atoms with Crippen LogP contribution in [0.3, 0.4) is 0 Å². The first-order chi connectivity index (χ1) is 12.1. The maximum Gasteiger partial charge on any atom is 0.338 e. The molecule has 1 amide bonds. The summed E-state index contributed by atoms with van der Waals surface area (Å²) in [5.74, 6) is -1.52. The van der Waals surface area contributed by atoms with Gasteiger partial charge in [0.15, 0.2) is 9.84 Å². The average molecular weight is 378 g/mol. The maximum atomic E-state index is 12.3. The topological polar surface area (TPSA) is 133 Å². The van der Waals surface area contributed by atoms with Crippen molar-refractivity contribution in [3.8, 4) is 0 Å². The minimum atomic E-state index is -3.37. The van der Waals surface area contributed by atoms with E-state index in [1.165, 1.54) is 30.3 Å². The second-order valence-electron chi connectivity index (χ2n) is 5.27. The summed E-state index contributed by atoms with van der Waals surface area (Å²) >= 11 is 0. The Morgan fingerprint density at radius 3 is 2.15 bits per heavy atom. The van der Waals surface area contributed by atoms with Crippen LogP contribution in [-0.4, -0.2) is 38.6 Å². The lowest BCUT2D eigenvalue weighted by molar-refractivity contribution is -0.384. The molecule has 0 saturated heterocycles. The molecule has 0 aliphatic rings. The SMILES string of the molecule is COC(=O)c1cc(C(=O)Nc2ccc(S(C)(=O)=O)cc2)cc([N+](=O)[O-])c1.